The van der Waals surface area contributed by atoms with Crippen molar-refractivity contribution >= 4 is 0 Å². The van der Waals surface area contributed by atoms with Crippen molar-refractivity contribution in [2.45, 2.75) is 25.5 Å². The molecule has 2 atom stereocenters. The van der Waals surface area contributed by atoms with Crippen LogP contribution < -0.4 is 19.7 Å². The summed E-state index contributed by atoms with van der Waals surface area (Å²) in [4.78, 5) is 5.05. The summed E-state index contributed by atoms with van der Waals surface area (Å²) in [7, 11) is 4.86. The maximum atomic E-state index is 5.90. The molecule has 0 fully saturated rings. The van der Waals surface area contributed by atoms with Gasteiger partial charge in [-0.2, -0.15) is 5.48 Å². The molecule has 1 N–H and O–H groups in total. The van der Waals surface area contributed by atoms with Gasteiger partial charge in [0.05, 0.1) is 26.9 Å². The molecule has 0 saturated carbocycles. The van der Waals surface area contributed by atoms with E-state index in [1.54, 1.807) is 21.3 Å². The summed E-state index contributed by atoms with van der Waals surface area (Å²) < 4.78 is 16.6. The molecule has 0 spiro atoms. The van der Waals surface area contributed by atoms with Gasteiger partial charge in [-0.3, -0.25) is 0 Å². The second kappa shape index (κ2) is 5.46. The summed E-state index contributed by atoms with van der Waals surface area (Å²) in [5.41, 5.74) is 3.95. The Morgan fingerprint density at radius 3 is 2.56 bits per heavy atom. The van der Waals surface area contributed by atoms with E-state index < -0.39 is 0 Å². The molecule has 1 aromatic rings. The van der Waals surface area contributed by atoms with Gasteiger partial charge < -0.3 is 19.0 Å². The highest BCUT2D eigenvalue weighted by Gasteiger charge is 2.36. The van der Waals surface area contributed by atoms with Crippen LogP contribution in [0.2, 0.25) is 0 Å². The largest absolute Gasteiger partial charge is 0.496 e. The molecule has 2 unspecified atom stereocenters. The molecule has 5 heteroatoms. The molecule has 1 heterocycles. The Bertz CT molecular complexity index is 422. The van der Waals surface area contributed by atoms with Crippen molar-refractivity contribution in [2.75, 3.05) is 21.3 Å². The molecule has 100 valence electrons. The first-order chi connectivity index (χ1) is 8.74. The van der Waals surface area contributed by atoms with E-state index in [0.717, 1.165) is 29.2 Å². The molecule has 1 aliphatic heterocycles. The number of hydroxylamine groups is 1. The molecule has 0 amide bonds. The van der Waals surface area contributed by atoms with E-state index in [1.165, 1.54) is 0 Å². The fraction of sp³-hybridized carbons (Fsp3) is 0.538. The van der Waals surface area contributed by atoms with E-state index in [0.29, 0.717) is 0 Å². The van der Waals surface area contributed by atoms with Gasteiger partial charge in [0.1, 0.15) is 29.4 Å². The first kappa shape index (κ1) is 13.0. The van der Waals surface area contributed by atoms with Gasteiger partial charge in [-0.05, 0) is 6.42 Å². The molecule has 0 bridgehead atoms. The van der Waals surface area contributed by atoms with Crippen LogP contribution in [0.4, 0.5) is 0 Å². The second-order valence-corrected chi connectivity index (χ2v) is 4.11. The molecular weight excluding hydrogens is 234 g/mol. The molecule has 2 rings (SSSR count). The lowest BCUT2D eigenvalue weighted by atomic mass is 10.0. The first-order valence-electron chi connectivity index (χ1n) is 5.96. The highest BCUT2D eigenvalue weighted by Crippen LogP contribution is 2.45. The van der Waals surface area contributed by atoms with Crippen molar-refractivity contribution in [3.05, 3.63) is 17.7 Å². The number of hydrogen-bond acceptors (Lipinski definition) is 5. The normalized spacial score (nSPS) is 21.3. The summed E-state index contributed by atoms with van der Waals surface area (Å²) in [6.07, 6.45) is 0.905. The summed E-state index contributed by atoms with van der Waals surface area (Å²) in [6, 6.07) is 3.69. The molecular formula is C13H19NO4. The van der Waals surface area contributed by atoms with Crippen molar-refractivity contribution in [1.82, 2.24) is 5.48 Å². The van der Waals surface area contributed by atoms with Gasteiger partial charge in [-0.25, -0.2) is 0 Å². The van der Waals surface area contributed by atoms with Crippen LogP contribution in [0, 0.1) is 0 Å². The number of hydrogen-bond donors (Lipinski definition) is 1. The number of fused-ring (bicyclic) bond motifs is 1. The van der Waals surface area contributed by atoms with Crippen LogP contribution in [-0.2, 0) is 4.84 Å². The number of benzene rings is 1. The molecule has 0 aromatic heterocycles. The molecule has 18 heavy (non-hydrogen) atoms. The number of ether oxygens (including phenoxy) is 3. The summed E-state index contributed by atoms with van der Waals surface area (Å²) in [5.74, 6) is 2.25. The van der Waals surface area contributed by atoms with Gasteiger partial charge in [0.25, 0.3) is 0 Å². The van der Waals surface area contributed by atoms with E-state index in [-0.39, 0.29) is 12.1 Å². The Morgan fingerprint density at radius 2 is 2.00 bits per heavy atom. The number of methoxy groups -OCH3 is 2. The van der Waals surface area contributed by atoms with Crippen LogP contribution >= 0.6 is 0 Å². The lowest BCUT2D eigenvalue weighted by Gasteiger charge is -2.18. The van der Waals surface area contributed by atoms with Gasteiger partial charge in [-0.15, -0.1) is 0 Å². The Kier molecular flexibility index (Phi) is 3.93. The smallest absolute Gasteiger partial charge is 0.132 e. The monoisotopic (exact) mass is 253 g/mol. The van der Waals surface area contributed by atoms with Crippen LogP contribution in [0.3, 0.4) is 0 Å². The number of nitrogens with one attached hydrogen (secondary N) is 1. The van der Waals surface area contributed by atoms with Crippen LogP contribution in [-0.4, -0.2) is 27.4 Å². The number of rotatable bonds is 5. The predicted octanol–water partition coefficient (Wildman–Crippen LogP) is 2.07. The Hall–Kier alpha value is -1.46. The summed E-state index contributed by atoms with van der Waals surface area (Å²) >= 11 is 0. The molecule has 1 aliphatic rings. The highest BCUT2D eigenvalue weighted by atomic mass is 16.6. The average Bonchev–Trinajstić information content (AvgIpc) is 2.76. The quantitative estimate of drug-likeness (QED) is 0.814. The van der Waals surface area contributed by atoms with Crippen molar-refractivity contribution < 1.29 is 19.0 Å². The first-order valence-corrected chi connectivity index (χ1v) is 5.96. The van der Waals surface area contributed by atoms with Gasteiger partial charge in [0, 0.05) is 12.1 Å². The zero-order chi connectivity index (χ0) is 13.1. The van der Waals surface area contributed by atoms with Crippen molar-refractivity contribution in [3.63, 3.8) is 0 Å². The third-order valence-electron chi connectivity index (χ3n) is 3.14. The van der Waals surface area contributed by atoms with Gasteiger partial charge in [0.15, 0.2) is 0 Å². The fourth-order valence-electron chi connectivity index (χ4n) is 2.27. The molecule has 1 aromatic carbocycles. The highest BCUT2D eigenvalue weighted by molar-refractivity contribution is 5.54. The maximum Gasteiger partial charge on any atom is 0.132 e. The van der Waals surface area contributed by atoms with Crippen LogP contribution in [0.25, 0.3) is 0 Å². The van der Waals surface area contributed by atoms with E-state index in [1.807, 2.05) is 12.1 Å². The Balaban J connectivity index is 2.45. The van der Waals surface area contributed by atoms with Gasteiger partial charge >= 0.3 is 0 Å². The van der Waals surface area contributed by atoms with Crippen LogP contribution in [0.1, 0.15) is 24.9 Å². The van der Waals surface area contributed by atoms with E-state index >= 15 is 0 Å². The summed E-state index contributed by atoms with van der Waals surface area (Å²) in [6.45, 7) is 2.07. The molecule has 0 saturated heterocycles. The minimum atomic E-state index is -0.0316. The lowest BCUT2D eigenvalue weighted by molar-refractivity contribution is 0.0279. The van der Waals surface area contributed by atoms with Crippen molar-refractivity contribution in [2.24, 2.45) is 0 Å². The van der Waals surface area contributed by atoms with Gasteiger partial charge in [0.2, 0.25) is 0 Å². The zero-order valence-corrected chi connectivity index (χ0v) is 11.1. The van der Waals surface area contributed by atoms with Crippen molar-refractivity contribution in [3.8, 4) is 17.2 Å². The van der Waals surface area contributed by atoms with E-state index in [4.69, 9.17) is 19.0 Å². The lowest BCUT2D eigenvalue weighted by Crippen LogP contribution is -2.29. The second-order valence-electron chi connectivity index (χ2n) is 4.11. The SMILES string of the molecule is CCC1Oc2cc(OC)cc(OC)c2C1NOC. The zero-order valence-electron chi connectivity index (χ0n) is 11.1. The minimum absolute atomic E-state index is 0.0287. The predicted molar refractivity (Wildman–Crippen MR) is 67.1 cm³/mol. The topological polar surface area (TPSA) is 49.0 Å². The molecule has 0 aliphatic carbocycles. The summed E-state index contributed by atoms with van der Waals surface area (Å²) in [5, 5.41) is 0. The van der Waals surface area contributed by atoms with Crippen LogP contribution in [0.15, 0.2) is 12.1 Å². The third kappa shape index (κ3) is 2.11. The van der Waals surface area contributed by atoms with E-state index in [9.17, 15) is 0 Å². The van der Waals surface area contributed by atoms with Crippen LogP contribution in [0.5, 0.6) is 17.2 Å². The maximum absolute atomic E-state index is 5.90. The average molecular weight is 253 g/mol. The van der Waals surface area contributed by atoms with Gasteiger partial charge in [-0.1, -0.05) is 6.92 Å². The third-order valence-corrected chi connectivity index (χ3v) is 3.14. The molecule has 5 nitrogen and oxygen atoms in total. The standard InChI is InChI=1S/C13H19NO4/c1-5-9-13(14-17-4)12-10(16-3)6-8(15-2)7-11(12)18-9/h6-7,9,13-14H,5H2,1-4H3. The Morgan fingerprint density at radius 1 is 1.22 bits per heavy atom. The van der Waals surface area contributed by atoms with E-state index in [2.05, 4.69) is 12.4 Å². The minimum Gasteiger partial charge on any atom is -0.496 e. The fourth-order valence-corrected chi connectivity index (χ4v) is 2.27. The Labute approximate surface area is 107 Å². The molecule has 0 radical (unpaired) electrons. The van der Waals surface area contributed by atoms with Crippen molar-refractivity contribution in [1.29, 1.82) is 0 Å².